The summed E-state index contributed by atoms with van der Waals surface area (Å²) in [5.41, 5.74) is 0.336. The number of hydrogen-bond acceptors (Lipinski definition) is 5. The van der Waals surface area contributed by atoms with E-state index >= 15 is 0 Å². The van der Waals surface area contributed by atoms with Crippen LogP contribution >= 0.6 is 0 Å². The van der Waals surface area contributed by atoms with Crippen molar-refractivity contribution < 1.29 is 24.5 Å². The molecule has 0 heterocycles. The molecule has 5 heteroatoms. The molecule has 2 unspecified atom stereocenters. The first-order chi connectivity index (χ1) is 7.61. The Morgan fingerprint density at radius 3 is 2.44 bits per heavy atom. The van der Waals surface area contributed by atoms with Crippen LogP contribution in [-0.4, -0.2) is 36.5 Å². The fourth-order valence-corrected chi connectivity index (χ4v) is 1.33. The molecule has 2 atom stereocenters. The second-order valence-corrected chi connectivity index (χ2v) is 3.15. The number of benzene rings is 1. The number of esters is 1. The SMILES string of the molecule is COC(=O)C(O)C(O)c1ccccc1OC. The molecule has 0 aliphatic carbocycles. The van der Waals surface area contributed by atoms with Crippen LogP contribution in [-0.2, 0) is 9.53 Å². The second-order valence-electron chi connectivity index (χ2n) is 3.15. The van der Waals surface area contributed by atoms with Crippen molar-refractivity contribution in [1.29, 1.82) is 0 Å². The predicted octanol–water partition coefficient (Wildman–Crippen LogP) is 0.263. The van der Waals surface area contributed by atoms with Gasteiger partial charge in [-0.25, -0.2) is 4.79 Å². The molecule has 5 nitrogen and oxygen atoms in total. The number of para-hydroxylation sites is 1. The summed E-state index contributed by atoms with van der Waals surface area (Å²) in [5.74, 6) is -0.489. The van der Waals surface area contributed by atoms with Gasteiger partial charge in [-0.3, -0.25) is 0 Å². The number of carbonyl (C=O) groups excluding carboxylic acids is 1. The summed E-state index contributed by atoms with van der Waals surface area (Å²) >= 11 is 0. The van der Waals surface area contributed by atoms with Crippen molar-refractivity contribution in [2.75, 3.05) is 14.2 Å². The first-order valence-corrected chi connectivity index (χ1v) is 4.68. The number of rotatable bonds is 4. The van der Waals surface area contributed by atoms with E-state index in [0.29, 0.717) is 11.3 Å². The van der Waals surface area contributed by atoms with E-state index in [2.05, 4.69) is 4.74 Å². The average Bonchev–Trinajstić information content (AvgIpc) is 2.35. The molecule has 0 spiro atoms. The molecule has 0 aromatic heterocycles. The molecule has 0 aliphatic rings. The molecule has 0 radical (unpaired) electrons. The molecule has 0 bridgehead atoms. The molecule has 1 aromatic rings. The Hall–Kier alpha value is -1.59. The molecule has 2 N–H and O–H groups in total. The summed E-state index contributed by atoms with van der Waals surface area (Å²) < 4.78 is 9.35. The highest BCUT2D eigenvalue weighted by atomic mass is 16.5. The van der Waals surface area contributed by atoms with Gasteiger partial charge in [-0.15, -0.1) is 0 Å². The van der Waals surface area contributed by atoms with Gasteiger partial charge in [0, 0.05) is 5.56 Å². The van der Waals surface area contributed by atoms with Crippen LogP contribution in [0.4, 0.5) is 0 Å². The zero-order valence-electron chi connectivity index (χ0n) is 9.08. The maximum atomic E-state index is 11.1. The highest BCUT2D eigenvalue weighted by Gasteiger charge is 2.28. The Balaban J connectivity index is 2.95. The third kappa shape index (κ3) is 2.50. The van der Waals surface area contributed by atoms with Crippen molar-refractivity contribution in [3.05, 3.63) is 29.8 Å². The van der Waals surface area contributed by atoms with E-state index in [-0.39, 0.29) is 0 Å². The van der Waals surface area contributed by atoms with Crippen LogP contribution in [0.3, 0.4) is 0 Å². The fraction of sp³-hybridized carbons (Fsp3) is 0.364. The molecule has 1 aromatic carbocycles. The lowest BCUT2D eigenvalue weighted by Crippen LogP contribution is -2.29. The van der Waals surface area contributed by atoms with Gasteiger partial charge in [-0.05, 0) is 6.07 Å². The van der Waals surface area contributed by atoms with E-state index in [4.69, 9.17) is 4.74 Å². The predicted molar refractivity (Wildman–Crippen MR) is 56.0 cm³/mol. The van der Waals surface area contributed by atoms with Crippen molar-refractivity contribution >= 4 is 5.97 Å². The molecule has 0 amide bonds. The number of aliphatic hydroxyl groups excluding tert-OH is 2. The third-order valence-corrected chi connectivity index (χ3v) is 2.20. The van der Waals surface area contributed by atoms with Gasteiger partial charge in [0.25, 0.3) is 0 Å². The van der Waals surface area contributed by atoms with E-state index < -0.39 is 18.2 Å². The van der Waals surface area contributed by atoms with Crippen LogP contribution in [0.2, 0.25) is 0 Å². The van der Waals surface area contributed by atoms with Crippen molar-refractivity contribution in [3.63, 3.8) is 0 Å². The molecule has 88 valence electrons. The minimum atomic E-state index is -1.62. The number of carbonyl (C=O) groups is 1. The van der Waals surface area contributed by atoms with E-state index in [0.717, 1.165) is 7.11 Å². The van der Waals surface area contributed by atoms with Crippen LogP contribution < -0.4 is 4.74 Å². The third-order valence-electron chi connectivity index (χ3n) is 2.20. The molecule has 0 saturated heterocycles. The topological polar surface area (TPSA) is 76.0 Å². The van der Waals surface area contributed by atoms with E-state index in [1.165, 1.54) is 7.11 Å². The minimum Gasteiger partial charge on any atom is -0.496 e. The van der Waals surface area contributed by atoms with E-state index in [9.17, 15) is 15.0 Å². The first-order valence-electron chi connectivity index (χ1n) is 4.68. The van der Waals surface area contributed by atoms with Crippen molar-refractivity contribution in [1.82, 2.24) is 0 Å². The number of ether oxygens (including phenoxy) is 2. The van der Waals surface area contributed by atoms with Crippen LogP contribution in [0.5, 0.6) is 5.75 Å². The van der Waals surface area contributed by atoms with Crippen molar-refractivity contribution in [2.24, 2.45) is 0 Å². The smallest absolute Gasteiger partial charge is 0.337 e. The molecule has 1 rings (SSSR count). The van der Waals surface area contributed by atoms with Gasteiger partial charge in [0.05, 0.1) is 14.2 Å². The lowest BCUT2D eigenvalue weighted by atomic mass is 10.0. The summed E-state index contributed by atoms with van der Waals surface area (Å²) in [6, 6.07) is 6.59. The summed E-state index contributed by atoms with van der Waals surface area (Å²) in [4.78, 5) is 11.1. The summed E-state index contributed by atoms with van der Waals surface area (Å²) in [7, 11) is 2.58. The standard InChI is InChI=1S/C11H14O5/c1-15-8-6-4-3-5-7(8)9(12)10(13)11(14)16-2/h3-6,9-10,12-13H,1-2H3. The zero-order chi connectivity index (χ0) is 12.1. The molecule has 0 saturated carbocycles. The van der Waals surface area contributed by atoms with Gasteiger partial charge in [0.2, 0.25) is 0 Å². The van der Waals surface area contributed by atoms with Crippen LogP contribution in [0.15, 0.2) is 24.3 Å². The van der Waals surface area contributed by atoms with Gasteiger partial charge >= 0.3 is 5.97 Å². The van der Waals surface area contributed by atoms with Gasteiger partial charge in [0.15, 0.2) is 6.10 Å². The van der Waals surface area contributed by atoms with Crippen molar-refractivity contribution in [3.8, 4) is 5.75 Å². The van der Waals surface area contributed by atoms with Gasteiger partial charge < -0.3 is 19.7 Å². The highest BCUT2D eigenvalue weighted by Crippen LogP contribution is 2.27. The largest absolute Gasteiger partial charge is 0.496 e. The van der Waals surface area contributed by atoms with Crippen molar-refractivity contribution in [2.45, 2.75) is 12.2 Å². The number of methoxy groups -OCH3 is 2. The van der Waals surface area contributed by atoms with Gasteiger partial charge in [-0.1, -0.05) is 18.2 Å². The number of hydrogen-bond donors (Lipinski definition) is 2. The normalized spacial score (nSPS) is 14.0. The van der Waals surface area contributed by atoms with Crippen LogP contribution in [0, 0.1) is 0 Å². The summed E-state index contributed by atoms with van der Waals surface area (Å²) in [6.07, 6.45) is -3.00. The zero-order valence-corrected chi connectivity index (χ0v) is 9.08. The maximum absolute atomic E-state index is 11.1. The van der Waals surface area contributed by atoms with Crippen LogP contribution in [0.1, 0.15) is 11.7 Å². The van der Waals surface area contributed by atoms with Gasteiger partial charge in [0.1, 0.15) is 11.9 Å². The van der Waals surface area contributed by atoms with E-state index in [1.807, 2.05) is 0 Å². The first kappa shape index (κ1) is 12.5. The quantitative estimate of drug-likeness (QED) is 0.720. The Bertz CT molecular complexity index is 363. The maximum Gasteiger partial charge on any atom is 0.337 e. The Labute approximate surface area is 93.2 Å². The second kappa shape index (κ2) is 5.48. The monoisotopic (exact) mass is 226 g/mol. The molecule has 0 aliphatic heterocycles. The Morgan fingerprint density at radius 2 is 1.88 bits per heavy atom. The Morgan fingerprint density at radius 1 is 1.25 bits per heavy atom. The van der Waals surface area contributed by atoms with Crippen LogP contribution in [0.25, 0.3) is 0 Å². The average molecular weight is 226 g/mol. The molecule has 0 fully saturated rings. The summed E-state index contributed by atoms with van der Waals surface area (Å²) in [5, 5.41) is 19.3. The fourth-order valence-electron chi connectivity index (χ4n) is 1.33. The molecular weight excluding hydrogens is 212 g/mol. The minimum absolute atomic E-state index is 0.336. The molecule has 16 heavy (non-hydrogen) atoms. The summed E-state index contributed by atoms with van der Waals surface area (Å²) in [6.45, 7) is 0. The number of aliphatic hydroxyl groups is 2. The van der Waals surface area contributed by atoms with Gasteiger partial charge in [-0.2, -0.15) is 0 Å². The highest BCUT2D eigenvalue weighted by molar-refractivity contribution is 5.75. The Kier molecular flexibility index (Phi) is 4.28. The lowest BCUT2D eigenvalue weighted by Gasteiger charge is -2.18. The molecular formula is C11H14O5. The van der Waals surface area contributed by atoms with E-state index in [1.54, 1.807) is 24.3 Å². The lowest BCUT2D eigenvalue weighted by molar-refractivity contribution is -0.156.